The molecule has 4 heteroatoms. The number of nitrogens with one attached hydrogen (secondary N) is 2. The molecule has 1 aromatic heterocycles. The summed E-state index contributed by atoms with van der Waals surface area (Å²) in [7, 11) is 1.76. The summed E-state index contributed by atoms with van der Waals surface area (Å²) in [6.07, 6.45) is 5.89. The largest absolute Gasteiger partial charge is 0.355 e. The van der Waals surface area contributed by atoms with E-state index < -0.39 is 0 Å². The molecule has 4 nitrogen and oxygen atoms in total. The molecule has 0 aromatic carbocycles. The van der Waals surface area contributed by atoms with Gasteiger partial charge in [0.05, 0.1) is 0 Å². The third-order valence-corrected chi connectivity index (χ3v) is 1.97. The Labute approximate surface area is 90.7 Å². The number of hydrogen-bond donors (Lipinski definition) is 2. The Balaban J connectivity index is 2.20. The summed E-state index contributed by atoms with van der Waals surface area (Å²) < 4.78 is 2.12. The van der Waals surface area contributed by atoms with Crippen molar-refractivity contribution in [2.75, 3.05) is 20.1 Å². The second kappa shape index (κ2) is 6.70. The average Bonchev–Trinajstić information content (AvgIpc) is 2.76. The molecule has 0 saturated carbocycles. The van der Waals surface area contributed by atoms with E-state index in [1.165, 1.54) is 0 Å². The Morgan fingerprint density at radius 3 is 2.73 bits per heavy atom. The molecule has 1 aromatic rings. The zero-order chi connectivity index (χ0) is 10.9. The van der Waals surface area contributed by atoms with Crippen LogP contribution in [-0.4, -0.2) is 30.7 Å². The summed E-state index contributed by atoms with van der Waals surface area (Å²) in [4.78, 5) is 4.08. The van der Waals surface area contributed by atoms with E-state index >= 15 is 0 Å². The van der Waals surface area contributed by atoms with Crippen LogP contribution in [0.15, 0.2) is 42.2 Å². The van der Waals surface area contributed by atoms with Crippen LogP contribution >= 0.6 is 0 Å². The van der Waals surface area contributed by atoms with Crippen LogP contribution in [0, 0.1) is 0 Å². The van der Waals surface area contributed by atoms with Gasteiger partial charge < -0.3 is 15.2 Å². The maximum Gasteiger partial charge on any atom is 0.191 e. The predicted octanol–water partition coefficient (Wildman–Crippen LogP) is 0.839. The SMILES string of the molecule is C=CCNC(=NC)NCCn1cccc1. The van der Waals surface area contributed by atoms with Crippen LogP contribution in [0.1, 0.15) is 0 Å². The van der Waals surface area contributed by atoms with Crippen LogP contribution in [0.3, 0.4) is 0 Å². The van der Waals surface area contributed by atoms with Gasteiger partial charge in [0.2, 0.25) is 0 Å². The minimum Gasteiger partial charge on any atom is -0.355 e. The number of aromatic nitrogens is 1. The van der Waals surface area contributed by atoms with E-state index in [-0.39, 0.29) is 0 Å². The lowest BCUT2D eigenvalue weighted by molar-refractivity contribution is 0.669. The van der Waals surface area contributed by atoms with Crippen molar-refractivity contribution in [2.24, 2.45) is 4.99 Å². The molecule has 0 saturated heterocycles. The van der Waals surface area contributed by atoms with Crippen molar-refractivity contribution >= 4 is 5.96 Å². The molecule has 0 aliphatic carbocycles. The van der Waals surface area contributed by atoms with Crippen LogP contribution in [0.2, 0.25) is 0 Å². The summed E-state index contributed by atoms with van der Waals surface area (Å²) in [6.45, 7) is 6.15. The van der Waals surface area contributed by atoms with Crippen molar-refractivity contribution in [3.05, 3.63) is 37.2 Å². The van der Waals surface area contributed by atoms with Gasteiger partial charge in [0.25, 0.3) is 0 Å². The van der Waals surface area contributed by atoms with Gasteiger partial charge in [-0.25, -0.2) is 0 Å². The Morgan fingerprint density at radius 2 is 2.13 bits per heavy atom. The fourth-order valence-electron chi connectivity index (χ4n) is 1.21. The summed E-state index contributed by atoms with van der Waals surface area (Å²) >= 11 is 0. The third kappa shape index (κ3) is 4.35. The zero-order valence-electron chi connectivity index (χ0n) is 9.11. The second-order valence-electron chi connectivity index (χ2n) is 3.09. The Kier molecular flexibility index (Phi) is 5.08. The van der Waals surface area contributed by atoms with Gasteiger partial charge in [0.1, 0.15) is 0 Å². The summed E-state index contributed by atoms with van der Waals surface area (Å²) in [5.41, 5.74) is 0. The molecule has 0 aliphatic rings. The lowest BCUT2D eigenvalue weighted by atomic mass is 10.5. The van der Waals surface area contributed by atoms with Gasteiger partial charge in [-0.2, -0.15) is 0 Å². The summed E-state index contributed by atoms with van der Waals surface area (Å²) in [6, 6.07) is 4.04. The molecule has 0 aliphatic heterocycles. The van der Waals surface area contributed by atoms with E-state index in [1.54, 1.807) is 13.1 Å². The molecular formula is C11H18N4. The summed E-state index contributed by atoms with van der Waals surface area (Å²) in [5.74, 6) is 0.807. The lowest BCUT2D eigenvalue weighted by Gasteiger charge is -2.10. The Morgan fingerprint density at radius 1 is 1.40 bits per heavy atom. The highest BCUT2D eigenvalue weighted by Gasteiger charge is 1.94. The molecule has 0 fully saturated rings. The van der Waals surface area contributed by atoms with Gasteiger partial charge >= 0.3 is 0 Å². The highest BCUT2D eigenvalue weighted by molar-refractivity contribution is 5.79. The first kappa shape index (κ1) is 11.4. The van der Waals surface area contributed by atoms with Gasteiger partial charge in [-0.05, 0) is 12.1 Å². The molecule has 2 N–H and O–H groups in total. The lowest BCUT2D eigenvalue weighted by Crippen LogP contribution is -2.38. The van der Waals surface area contributed by atoms with Crippen LogP contribution in [0.25, 0.3) is 0 Å². The molecule has 0 radical (unpaired) electrons. The molecule has 82 valence electrons. The number of nitrogens with zero attached hydrogens (tertiary/aromatic N) is 2. The van der Waals surface area contributed by atoms with Crippen molar-refractivity contribution in [3.8, 4) is 0 Å². The molecule has 0 bridgehead atoms. The molecule has 1 heterocycles. The van der Waals surface area contributed by atoms with Gasteiger partial charge in [-0.15, -0.1) is 6.58 Å². The van der Waals surface area contributed by atoms with E-state index in [9.17, 15) is 0 Å². The number of hydrogen-bond acceptors (Lipinski definition) is 1. The van der Waals surface area contributed by atoms with E-state index in [1.807, 2.05) is 24.5 Å². The van der Waals surface area contributed by atoms with E-state index in [2.05, 4.69) is 26.8 Å². The van der Waals surface area contributed by atoms with Crippen molar-refractivity contribution in [3.63, 3.8) is 0 Å². The molecular weight excluding hydrogens is 188 g/mol. The van der Waals surface area contributed by atoms with Crippen molar-refractivity contribution in [1.82, 2.24) is 15.2 Å². The number of aliphatic imine (C=N–C) groups is 1. The average molecular weight is 206 g/mol. The van der Waals surface area contributed by atoms with Crippen LogP contribution < -0.4 is 10.6 Å². The maximum absolute atomic E-state index is 4.08. The van der Waals surface area contributed by atoms with Gasteiger partial charge in [0, 0.05) is 39.1 Å². The molecule has 15 heavy (non-hydrogen) atoms. The standard InChI is InChI=1S/C11H18N4/c1-3-6-13-11(12-2)14-7-10-15-8-4-5-9-15/h3-5,8-9H,1,6-7,10H2,2H3,(H2,12,13,14). The highest BCUT2D eigenvalue weighted by Crippen LogP contribution is 1.87. The van der Waals surface area contributed by atoms with Crippen molar-refractivity contribution in [2.45, 2.75) is 6.54 Å². The second-order valence-corrected chi connectivity index (χ2v) is 3.09. The monoisotopic (exact) mass is 206 g/mol. The molecule has 0 amide bonds. The van der Waals surface area contributed by atoms with E-state index in [0.29, 0.717) is 0 Å². The topological polar surface area (TPSA) is 41.4 Å². The van der Waals surface area contributed by atoms with Crippen molar-refractivity contribution < 1.29 is 0 Å². The first-order chi connectivity index (χ1) is 7.36. The minimum absolute atomic E-state index is 0.725. The molecule has 0 atom stereocenters. The van der Waals surface area contributed by atoms with Crippen LogP contribution in [0.4, 0.5) is 0 Å². The maximum atomic E-state index is 4.08. The highest BCUT2D eigenvalue weighted by atomic mass is 15.2. The quantitative estimate of drug-likeness (QED) is 0.426. The van der Waals surface area contributed by atoms with Crippen molar-refractivity contribution in [1.29, 1.82) is 0 Å². The van der Waals surface area contributed by atoms with Crippen LogP contribution in [0.5, 0.6) is 0 Å². The van der Waals surface area contributed by atoms with Gasteiger partial charge in [-0.3, -0.25) is 4.99 Å². The van der Waals surface area contributed by atoms with Gasteiger partial charge in [0.15, 0.2) is 5.96 Å². The smallest absolute Gasteiger partial charge is 0.191 e. The zero-order valence-corrected chi connectivity index (χ0v) is 9.11. The molecule has 0 unspecified atom stereocenters. The fraction of sp³-hybridized carbons (Fsp3) is 0.364. The Hall–Kier alpha value is -1.71. The first-order valence-electron chi connectivity index (χ1n) is 5.03. The van der Waals surface area contributed by atoms with Gasteiger partial charge in [-0.1, -0.05) is 6.08 Å². The molecule has 0 spiro atoms. The Bertz CT molecular complexity index is 300. The minimum atomic E-state index is 0.725. The normalized spacial score (nSPS) is 11.1. The van der Waals surface area contributed by atoms with E-state index in [0.717, 1.165) is 25.6 Å². The first-order valence-corrected chi connectivity index (χ1v) is 5.03. The van der Waals surface area contributed by atoms with E-state index in [4.69, 9.17) is 0 Å². The number of guanidine groups is 1. The number of rotatable bonds is 5. The molecule has 1 rings (SSSR count). The van der Waals surface area contributed by atoms with Crippen LogP contribution in [-0.2, 0) is 6.54 Å². The summed E-state index contributed by atoms with van der Waals surface area (Å²) in [5, 5.41) is 6.32. The third-order valence-electron chi connectivity index (χ3n) is 1.97. The predicted molar refractivity (Wildman–Crippen MR) is 64.0 cm³/mol. The fourth-order valence-corrected chi connectivity index (χ4v) is 1.21.